The van der Waals surface area contributed by atoms with Crippen LogP contribution in [0.15, 0.2) is 74.4 Å². The maximum atomic E-state index is 12.3. The molecule has 0 atom stereocenters. The summed E-state index contributed by atoms with van der Waals surface area (Å²) in [5.41, 5.74) is 2.74. The van der Waals surface area contributed by atoms with E-state index in [9.17, 15) is 4.79 Å². The molecular weight excluding hydrogens is 342 g/mol. The van der Waals surface area contributed by atoms with Crippen molar-refractivity contribution in [2.24, 2.45) is 0 Å². The van der Waals surface area contributed by atoms with E-state index < -0.39 is 5.63 Å². The van der Waals surface area contributed by atoms with Crippen molar-refractivity contribution in [1.29, 1.82) is 0 Å². The van der Waals surface area contributed by atoms with E-state index in [1.807, 2.05) is 55.5 Å². The van der Waals surface area contributed by atoms with E-state index in [1.54, 1.807) is 12.1 Å². The number of hydrogen-bond acceptors (Lipinski definition) is 6. The zero-order valence-electron chi connectivity index (χ0n) is 14.3. The molecule has 27 heavy (non-hydrogen) atoms. The van der Waals surface area contributed by atoms with Gasteiger partial charge in [-0.15, -0.1) is 0 Å². The molecule has 0 aliphatic carbocycles. The monoisotopic (exact) mass is 355 g/mol. The molecule has 5 rings (SSSR count). The van der Waals surface area contributed by atoms with Crippen molar-refractivity contribution in [3.63, 3.8) is 0 Å². The van der Waals surface area contributed by atoms with Gasteiger partial charge in [-0.1, -0.05) is 41.6 Å². The van der Waals surface area contributed by atoms with E-state index in [-0.39, 0.29) is 11.5 Å². The van der Waals surface area contributed by atoms with Crippen molar-refractivity contribution in [3.05, 3.63) is 76.8 Å². The lowest BCUT2D eigenvalue weighted by Crippen LogP contribution is -2.02. The molecule has 3 aromatic heterocycles. The highest BCUT2D eigenvalue weighted by atomic mass is 16.5. The van der Waals surface area contributed by atoms with Crippen molar-refractivity contribution in [3.8, 4) is 22.8 Å². The lowest BCUT2D eigenvalue weighted by molar-refractivity contribution is 0.429. The van der Waals surface area contributed by atoms with E-state index in [0.29, 0.717) is 11.4 Å². The molecule has 3 heterocycles. The highest BCUT2D eigenvalue weighted by Crippen LogP contribution is 2.28. The molecule has 0 saturated heterocycles. The average molecular weight is 355 g/mol. The van der Waals surface area contributed by atoms with Gasteiger partial charge in [0.2, 0.25) is 5.82 Å². The van der Waals surface area contributed by atoms with Gasteiger partial charge >= 0.3 is 5.63 Å². The minimum Gasteiger partial charge on any atom is -0.422 e. The van der Waals surface area contributed by atoms with Crippen LogP contribution in [0.1, 0.15) is 5.69 Å². The van der Waals surface area contributed by atoms with Crippen LogP contribution in [0.2, 0.25) is 0 Å². The number of nitrogens with zero attached hydrogens (tertiary/aromatic N) is 3. The van der Waals surface area contributed by atoms with Crippen LogP contribution < -0.4 is 5.63 Å². The normalized spacial score (nSPS) is 11.3. The van der Waals surface area contributed by atoms with Crippen LogP contribution in [0.5, 0.6) is 0 Å². The van der Waals surface area contributed by atoms with E-state index in [2.05, 4.69) is 15.1 Å². The Morgan fingerprint density at radius 1 is 0.889 bits per heavy atom. The Balaban J connectivity index is 1.68. The molecule has 0 aliphatic heterocycles. The zero-order chi connectivity index (χ0) is 18.4. The SMILES string of the molecule is Cc1cc(-c2noc(-c3cc4ccccc4oc3=O)n2)c2ccccc2n1. The predicted molar refractivity (Wildman–Crippen MR) is 101 cm³/mol. The van der Waals surface area contributed by atoms with Gasteiger partial charge in [-0.2, -0.15) is 4.98 Å². The second kappa shape index (κ2) is 5.88. The fourth-order valence-corrected chi connectivity index (χ4v) is 3.15. The Hall–Kier alpha value is -3.80. The highest BCUT2D eigenvalue weighted by molar-refractivity contribution is 5.93. The predicted octanol–water partition coefficient (Wildman–Crippen LogP) is 4.37. The molecule has 130 valence electrons. The topological polar surface area (TPSA) is 82.0 Å². The molecule has 2 aromatic carbocycles. The first kappa shape index (κ1) is 15.5. The van der Waals surface area contributed by atoms with E-state index in [4.69, 9.17) is 8.94 Å². The Morgan fingerprint density at radius 3 is 2.63 bits per heavy atom. The smallest absolute Gasteiger partial charge is 0.349 e. The van der Waals surface area contributed by atoms with Crippen LogP contribution >= 0.6 is 0 Å². The molecule has 5 aromatic rings. The number of rotatable bonds is 2. The van der Waals surface area contributed by atoms with Crippen LogP contribution in [0.3, 0.4) is 0 Å². The average Bonchev–Trinajstić information content (AvgIpc) is 3.16. The molecule has 0 bridgehead atoms. The number of para-hydroxylation sites is 2. The molecule has 0 unspecified atom stereocenters. The number of benzene rings is 2. The molecule has 0 radical (unpaired) electrons. The van der Waals surface area contributed by atoms with Crippen LogP contribution in [-0.2, 0) is 0 Å². The van der Waals surface area contributed by atoms with Crippen LogP contribution in [-0.4, -0.2) is 15.1 Å². The van der Waals surface area contributed by atoms with Gasteiger partial charge in [0, 0.05) is 22.0 Å². The Bertz CT molecular complexity index is 1370. The number of fused-ring (bicyclic) bond motifs is 2. The minimum atomic E-state index is -0.514. The lowest BCUT2D eigenvalue weighted by Gasteiger charge is -2.03. The second-order valence-corrected chi connectivity index (χ2v) is 6.24. The number of pyridine rings is 1. The Labute approximate surface area is 153 Å². The molecule has 0 saturated carbocycles. The zero-order valence-corrected chi connectivity index (χ0v) is 14.3. The molecule has 0 spiro atoms. The summed E-state index contributed by atoms with van der Waals surface area (Å²) >= 11 is 0. The molecule has 0 amide bonds. The molecule has 0 aliphatic rings. The van der Waals surface area contributed by atoms with E-state index in [0.717, 1.165) is 27.5 Å². The maximum absolute atomic E-state index is 12.3. The molecule has 0 fully saturated rings. The van der Waals surface area contributed by atoms with Crippen molar-refractivity contribution in [2.75, 3.05) is 0 Å². The van der Waals surface area contributed by atoms with Gasteiger partial charge in [0.05, 0.1) is 5.52 Å². The summed E-state index contributed by atoms with van der Waals surface area (Å²) in [6.07, 6.45) is 0. The van der Waals surface area contributed by atoms with Crippen LogP contribution in [0.4, 0.5) is 0 Å². The number of aromatic nitrogens is 3. The molecular formula is C21H13N3O3. The van der Waals surface area contributed by atoms with Crippen molar-refractivity contribution >= 4 is 21.9 Å². The van der Waals surface area contributed by atoms with Crippen molar-refractivity contribution < 1.29 is 8.94 Å². The van der Waals surface area contributed by atoms with Crippen molar-refractivity contribution in [2.45, 2.75) is 6.92 Å². The first-order valence-electron chi connectivity index (χ1n) is 8.43. The summed E-state index contributed by atoms with van der Waals surface area (Å²) < 4.78 is 10.7. The summed E-state index contributed by atoms with van der Waals surface area (Å²) in [6, 6.07) is 18.6. The quantitative estimate of drug-likeness (QED) is 0.437. The third-order valence-corrected chi connectivity index (χ3v) is 4.38. The van der Waals surface area contributed by atoms with Gasteiger partial charge < -0.3 is 8.94 Å². The third kappa shape index (κ3) is 2.58. The fraction of sp³-hybridized carbons (Fsp3) is 0.0476. The standard InChI is InChI=1S/C21H13N3O3/c1-12-10-15(14-7-3-4-8-17(14)22-12)19-23-20(27-24-19)16-11-13-6-2-5-9-18(13)26-21(16)25/h2-11H,1H3. The summed E-state index contributed by atoms with van der Waals surface area (Å²) in [4.78, 5) is 21.3. The van der Waals surface area contributed by atoms with Gasteiger partial charge in [-0.3, -0.25) is 4.98 Å². The molecule has 6 heteroatoms. The number of hydrogen-bond donors (Lipinski definition) is 0. The Kier molecular flexibility index (Phi) is 3.36. The van der Waals surface area contributed by atoms with E-state index in [1.165, 1.54) is 0 Å². The van der Waals surface area contributed by atoms with Crippen LogP contribution in [0, 0.1) is 6.92 Å². The minimum absolute atomic E-state index is 0.128. The fourth-order valence-electron chi connectivity index (χ4n) is 3.15. The lowest BCUT2D eigenvalue weighted by atomic mass is 10.1. The molecule has 6 nitrogen and oxygen atoms in total. The largest absolute Gasteiger partial charge is 0.422 e. The second-order valence-electron chi connectivity index (χ2n) is 6.24. The third-order valence-electron chi connectivity index (χ3n) is 4.38. The summed E-state index contributed by atoms with van der Waals surface area (Å²) in [6.45, 7) is 1.91. The first-order chi connectivity index (χ1) is 13.2. The summed E-state index contributed by atoms with van der Waals surface area (Å²) in [7, 11) is 0. The first-order valence-corrected chi connectivity index (χ1v) is 8.43. The number of aryl methyl sites for hydroxylation is 1. The van der Waals surface area contributed by atoms with E-state index >= 15 is 0 Å². The van der Waals surface area contributed by atoms with Gasteiger partial charge in [-0.05, 0) is 31.2 Å². The molecule has 0 N–H and O–H groups in total. The van der Waals surface area contributed by atoms with Gasteiger partial charge in [0.1, 0.15) is 11.1 Å². The van der Waals surface area contributed by atoms with Gasteiger partial charge in [-0.25, -0.2) is 4.79 Å². The van der Waals surface area contributed by atoms with Gasteiger partial charge in [0.15, 0.2) is 0 Å². The van der Waals surface area contributed by atoms with Crippen LogP contribution in [0.25, 0.3) is 44.7 Å². The van der Waals surface area contributed by atoms with Crippen molar-refractivity contribution in [1.82, 2.24) is 15.1 Å². The summed E-state index contributed by atoms with van der Waals surface area (Å²) in [5, 5.41) is 5.79. The summed E-state index contributed by atoms with van der Waals surface area (Å²) in [5.74, 6) is 0.530. The highest BCUT2D eigenvalue weighted by Gasteiger charge is 2.17. The Morgan fingerprint density at radius 2 is 1.70 bits per heavy atom. The van der Waals surface area contributed by atoms with Gasteiger partial charge in [0.25, 0.3) is 5.89 Å². The maximum Gasteiger partial charge on any atom is 0.349 e.